The van der Waals surface area contributed by atoms with E-state index in [1.807, 2.05) is 0 Å². The largest absolute Gasteiger partial charge is 0.369 e. The minimum Gasteiger partial charge on any atom is -0.369 e. The van der Waals surface area contributed by atoms with Crippen molar-refractivity contribution in [3.8, 4) is 0 Å². The minimum absolute atomic E-state index is 0.137. The van der Waals surface area contributed by atoms with Crippen LogP contribution < -0.4 is 0 Å². The predicted octanol–water partition coefficient (Wildman–Crippen LogP) is 0.683. The van der Waals surface area contributed by atoms with Crippen molar-refractivity contribution in [1.82, 2.24) is 0 Å². The summed E-state index contributed by atoms with van der Waals surface area (Å²) in [6.07, 6.45) is 1.07. The van der Waals surface area contributed by atoms with Gasteiger partial charge in [-0.1, -0.05) is 0 Å². The normalized spacial score (nSPS) is 69.5. The van der Waals surface area contributed by atoms with Crippen LogP contribution >= 0.6 is 0 Å². The van der Waals surface area contributed by atoms with E-state index < -0.39 is 0 Å². The van der Waals surface area contributed by atoms with Crippen molar-refractivity contribution in [2.45, 2.75) is 38.3 Å². The second-order valence-electron chi connectivity index (χ2n) is 7.87. The summed E-state index contributed by atoms with van der Waals surface area (Å²) in [7, 11) is 0. The molecule has 6 aliphatic rings. The highest BCUT2D eigenvalue weighted by molar-refractivity contribution is 5.83. The monoisotopic (exact) mass is 274 g/mol. The summed E-state index contributed by atoms with van der Waals surface area (Å²) in [6.45, 7) is 3.48. The van der Waals surface area contributed by atoms with Crippen molar-refractivity contribution in [2.75, 3.05) is 0 Å². The van der Waals surface area contributed by atoms with E-state index in [4.69, 9.17) is 9.47 Å². The van der Waals surface area contributed by atoms with E-state index in [0.29, 0.717) is 47.1 Å². The molecule has 4 unspecified atom stereocenters. The van der Waals surface area contributed by atoms with Crippen LogP contribution in [0.2, 0.25) is 0 Å². The summed E-state index contributed by atoms with van der Waals surface area (Å²) in [4.78, 5) is 24.4. The smallest absolute Gasteiger partial charge is 0.133 e. The van der Waals surface area contributed by atoms with E-state index in [-0.39, 0.29) is 36.3 Å². The standard InChI is InChI=1S/C16H18O4/c1-3(17)5-9-7-8-10(5)14-16(20-14)12(8)6(4(2)18)11(7)15-13(9)19-15/h5-16H,1-2H3/t5?,6?,7?,8?,9-,10+,11+,12-,13-,14+,15+,16-. The van der Waals surface area contributed by atoms with Crippen LogP contribution in [0, 0.1) is 47.3 Å². The molecule has 0 spiro atoms. The maximum Gasteiger partial charge on any atom is 0.133 e. The molecule has 12 atom stereocenters. The number of hydrogen-bond donors (Lipinski definition) is 0. The Labute approximate surface area is 117 Å². The number of ether oxygens (including phenoxy) is 2. The minimum atomic E-state index is 0.137. The van der Waals surface area contributed by atoms with Crippen molar-refractivity contribution >= 4 is 11.6 Å². The van der Waals surface area contributed by atoms with Gasteiger partial charge in [0.15, 0.2) is 0 Å². The molecule has 6 rings (SSSR count). The lowest BCUT2D eigenvalue weighted by molar-refractivity contribution is -0.125. The Hall–Kier alpha value is -0.740. The van der Waals surface area contributed by atoms with Crippen LogP contribution in [0.15, 0.2) is 0 Å². The fourth-order valence-corrected chi connectivity index (χ4v) is 7.30. The summed E-state index contributed by atoms with van der Waals surface area (Å²) < 4.78 is 11.8. The van der Waals surface area contributed by atoms with Gasteiger partial charge in [0.1, 0.15) is 11.6 Å². The maximum absolute atomic E-state index is 12.2. The third-order valence-electron chi connectivity index (χ3n) is 7.46. The molecule has 0 aromatic heterocycles. The fraction of sp³-hybridized carbons (Fsp3) is 0.875. The number of carbonyl (C=O) groups is 2. The average molecular weight is 274 g/mol. The van der Waals surface area contributed by atoms with Gasteiger partial charge >= 0.3 is 0 Å². The van der Waals surface area contributed by atoms with Crippen LogP contribution in [0.5, 0.6) is 0 Å². The van der Waals surface area contributed by atoms with Gasteiger partial charge in [-0.25, -0.2) is 0 Å². The molecule has 106 valence electrons. The lowest BCUT2D eigenvalue weighted by Crippen LogP contribution is -2.31. The van der Waals surface area contributed by atoms with E-state index in [9.17, 15) is 9.59 Å². The number of hydrogen-bond acceptors (Lipinski definition) is 4. The van der Waals surface area contributed by atoms with Crippen LogP contribution in [-0.4, -0.2) is 36.0 Å². The van der Waals surface area contributed by atoms with Crippen molar-refractivity contribution in [1.29, 1.82) is 0 Å². The molecule has 0 N–H and O–H groups in total. The van der Waals surface area contributed by atoms with E-state index in [1.165, 1.54) is 0 Å². The zero-order valence-electron chi connectivity index (χ0n) is 11.6. The van der Waals surface area contributed by atoms with Crippen LogP contribution in [-0.2, 0) is 19.1 Å². The zero-order valence-corrected chi connectivity index (χ0v) is 11.6. The maximum atomic E-state index is 12.2. The summed E-state index contributed by atoms with van der Waals surface area (Å²) in [5.74, 6) is 3.57. The molecule has 0 amide bonds. The van der Waals surface area contributed by atoms with Crippen LogP contribution in [0.4, 0.5) is 0 Å². The summed E-state index contributed by atoms with van der Waals surface area (Å²) in [6, 6.07) is 0. The quantitative estimate of drug-likeness (QED) is 0.695. The zero-order chi connectivity index (χ0) is 13.5. The van der Waals surface area contributed by atoms with Gasteiger partial charge in [0.2, 0.25) is 0 Å². The van der Waals surface area contributed by atoms with Crippen LogP contribution in [0.3, 0.4) is 0 Å². The highest BCUT2D eigenvalue weighted by Gasteiger charge is 2.84. The Morgan fingerprint density at radius 1 is 0.600 bits per heavy atom. The average Bonchev–Trinajstić information content (AvgIpc) is 3.19. The summed E-state index contributed by atoms with van der Waals surface area (Å²) >= 11 is 0. The van der Waals surface area contributed by atoms with Crippen molar-refractivity contribution in [3.63, 3.8) is 0 Å². The molecule has 4 heteroatoms. The molecule has 2 heterocycles. The Bertz CT molecular complexity index is 489. The Balaban J connectivity index is 1.55. The first kappa shape index (κ1) is 10.9. The fourth-order valence-electron chi connectivity index (χ4n) is 7.30. The Morgan fingerprint density at radius 2 is 0.900 bits per heavy atom. The molecular weight excluding hydrogens is 256 g/mol. The molecule has 4 nitrogen and oxygen atoms in total. The lowest BCUT2D eigenvalue weighted by Gasteiger charge is -2.25. The van der Waals surface area contributed by atoms with Gasteiger partial charge in [-0.05, 0) is 25.7 Å². The first-order valence-corrected chi connectivity index (χ1v) is 7.93. The molecule has 6 fully saturated rings. The van der Waals surface area contributed by atoms with Gasteiger partial charge in [0, 0.05) is 35.5 Å². The van der Waals surface area contributed by atoms with Crippen molar-refractivity contribution in [3.05, 3.63) is 0 Å². The highest BCUT2D eigenvalue weighted by atomic mass is 16.6. The van der Waals surface area contributed by atoms with Crippen LogP contribution in [0.1, 0.15) is 13.8 Å². The van der Waals surface area contributed by atoms with Gasteiger partial charge in [0.05, 0.1) is 24.4 Å². The van der Waals surface area contributed by atoms with E-state index >= 15 is 0 Å². The molecular formula is C16H18O4. The number of ketones is 2. The second-order valence-corrected chi connectivity index (χ2v) is 7.87. The molecule has 0 aromatic carbocycles. The number of carbonyl (C=O) groups excluding carboxylic acids is 2. The van der Waals surface area contributed by atoms with Gasteiger partial charge < -0.3 is 9.47 Å². The van der Waals surface area contributed by atoms with Crippen LogP contribution in [0.25, 0.3) is 0 Å². The summed E-state index contributed by atoms with van der Waals surface area (Å²) in [5.41, 5.74) is 0. The van der Waals surface area contributed by atoms with Gasteiger partial charge in [-0.15, -0.1) is 0 Å². The molecule has 0 bridgehead atoms. The Kier molecular flexibility index (Phi) is 1.59. The first-order chi connectivity index (χ1) is 9.61. The number of fused-ring (bicyclic) bond motifs is 6. The molecule has 0 aromatic rings. The molecule has 4 aliphatic carbocycles. The van der Waals surface area contributed by atoms with E-state index in [2.05, 4.69) is 0 Å². The van der Waals surface area contributed by atoms with Gasteiger partial charge in [-0.2, -0.15) is 0 Å². The molecule has 2 aliphatic heterocycles. The molecule has 0 radical (unpaired) electrons. The second kappa shape index (κ2) is 2.91. The highest BCUT2D eigenvalue weighted by Crippen LogP contribution is 2.78. The number of Topliss-reactive ketones (excluding diaryl/α,β-unsaturated/α-hetero) is 2. The Morgan fingerprint density at radius 3 is 1.15 bits per heavy atom. The van der Waals surface area contributed by atoms with Crippen molar-refractivity contribution < 1.29 is 19.1 Å². The topological polar surface area (TPSA) is 59.2 Å². The molecule has 20 heavy (non-hydrogen) atoms. The third-order valence-corrected chi connectivity index (χ3v) is 7.46. The predicted molar refractivity (Wildman–Crippen MR) is 66.6 cm³/mol. The first-order valence-electron chi connectivity index (χ1n) is 7.93. The third kappa shape index (κ3) is 0.899. The molecule has 4 saturated carbocycles. The van der Waals surface area contributed by atoms with Gasteiger partial charge in [-0.3, -0.25) is 9.59 Å². The number of epoxide rings is 2. The van der Waals surface area contributed by atoms with Gasteiger partial charge in [0.25, 0.3) is 0 Å². The SMILES string of the molecule is CC(=O)C1[C@@H]2C3C4[C@@H](C(C(C)=O)[C@@H]3[C@@H]3O[C@H]23)[C@H]2O[C@H]2[C@@H]14. The molecule has 2 saturated heterocycles. The van der Waals surface area contributed by atoms with E-state index in [1.54, 1.807) is 13.8 Å². The summed E-state index contributed by atoms with van der Waals surface area (Å²) in [5, 5.41) is 0. The van der Waals surface area contributed by atoms with E-state index in [0.717, 1.165) is 0 Å². The van der Waals surface area contributed by atoms with Crippen molar-refractivity contribution in [2.24, 2.45) is 47.3 Å². The number of rotatable bonds is 2. The lowest BCUT2D eigenvalue weighted by atomic mass is 9.80.